The SMILES string of the molecule is COc1ccc2c(c1)O/C(=C\c1ccc(OC(=O)c3ccccc3Cl)c(OC)c1)C2=O. The Morgan fingerprint density at radius 2 is 1.77 bits per heavy atom. The van der Waals surface area contributed by atoms with Crippen LogP contribution in [-0.2, 0) is 0 Å². The van der Waals surface area contributed by atoms with Crippen molar-refractivity contribution in [3.05, 3.63) is 88.1 Å². The summed E-state index contributed by atoms with van der Waals surface area (Å²) in [5.41, 5.74) is 1.34. The second-order valence-electron chi connectivity index (χ2n) is 6.58. The molecule has 0 unspecified atom stereocenters. The van der Waals surface area contributed by atoms with Crippen molar-refractivity contribution < 1.29 is 28.5 Å². The lowest BCUT2D eigenvalue weighted by Crippen LogP contribution is -2.10. The van der Waals surface area contributed by atoms with Crippen molar-refractivity contribution in [1.82, 2.24) is 0 Å². The van der Waals surface area contributed by atoms with Crippen molar-refractivity contribution in [3.8, 4) is 23.0 Å². The van der Waals surface area contributed by atoms with Crippen molar-refractivity contribution in [1.29, 1.82) is 0 Å². The molecule has 31 heavy (non-hydrogen) atoms. The number of benzene rings is 3. The van der Waals surface area contributed by atoms with E-state index in [2.05, 4.69) is 0 Å². The molecule has 0 saturated heterocycles. The first-order chi connectivity index (χ1) is 15.0. The van der Waals surface area contributed by atoms with Crippen LogP contribution in [0.3, 0.4) is 0 Å². The second-order valence-corrected chi connectivity index (χ2v) is 6.99. The number of allylic oxidation sites excluding steroid dienone is 1. The maximum absolute atomic E-state index is 12.6. The Hall–Kier alpha value is -3.77. The van der Waals surface area contributed by atoms with E-state index in [1.54, 1.807) is 73.8 Å². The first kappa shape index (κ1) is 20.5. The second kappa shape index (κ2) is 8.53. The van der Waals surface area contributed by atoms with Gasteiger partial charge in [-0.2, -0.15) is 0 Å². The topological polar surface area (TPSA) is 71.1 Å². The molecular formula is C24H17ClO6. The standard InChI is InChI=1S/C24H17ClO6/c1-28-15-8-9-17-20(13-15)30-22(23(17)26)12-14-7-10-19(21(11-14)29-2)31-24(27)16-5-3-4-6-18(16)25/h3-13H,1-2H3/b22-12-. The van der Waals surface area contributed by atoms with Gasteiger partial charge in [-0.15, -0.1) is 0 Å². The first-order valence-electron chi connectivity index (χ1n) is 9.27. The highest BCUT2D eigenvalue weighted by molar-refractivity contribution is 6.33. The van der Waals surface area contributed by atoms with Gasteiger partial charge in [-0.25, -0.2) is 4.79 Å². The van der Waals surface area contributed by atoms with E-state index in [9.17, 15) is 9.59 Å². The van der Waals surface area contributed by atoms with Crippen molar-refractivity contribution in [2.45, 2.75) is 0 Å². The van der Waals surface area contributed by atoms with E-state index in [4.69, 9.17) is 30.5 Å². The molecule has 0 aliphatic carbocycles. The average molecular weight is 437 g/mol. The Morgan fingerprint density at radius 3 is 2.52 bits per heavy atom. The summed E-state index contributed by atoms with van der Waals surface area (Å²) < 4.78 is 21.7. The third-order valence-electron chi connectivity index (χ3n) is 4.66. The highest BCUT2D eigenvalue weighted by Crippen LogP contribution is 2.36. The fraction of sp³-hybridized carbons (Fsp3) is 0.0833. The van der Waals surface area contributed by atoms with Gasteiger partial charge >= 0.3 is 5.97 Å². The van der Waals surface area contributed by atoms with E-state index < -0.39 is 5.97 Å². The number of carbonyl (C=O) groups is 2. The molecule has 0 aromatic heterocycles. The van der Waals surface area contributed by atoms with Gasteiger partial charge in [0.15, 0.2) is 17.3 Å². The van der Waals surface area contributed by atoms with Crippen LogP contribution in [0.2, 0.25) is 5.02 Å². The maximum Gasteiger partial charge on any atom is 0.345 e. The van der Waals surface area contributed by atoms with Crippen molar-refractivity contribution in [3.63, 3.8) is 0 Å². The maximum atomic E-state index is 12.6. The lowest BCUT2D eigenvalue weighted by molar-refractivity contribution is 0.0729. The molecule has 3 aromatic carbocycles. The minimum absolute atomic E-state index is 0.172. The molecule has 0 bridgehead atoms. The summed E-state index contributed by atoms with van der Waals surface area (Å²) in [5.74, 6) is 0.915. The van der Waals surface area contributed by atoms with E-state index >= 15 is 0 Å². The molecule has 0 amide bonds. The molecule has 4 rings (SSSR count). The van der Waals surface area contributed by atoms with Gasteiger partial charge in [0.25, 0.3) is 0 Å². The summed E-state index contributed by atoms with van der Waals surface area (Å²) >= 11 is 6.06. The number of hydrogen-bond acceptors (Lipinski definition) is 6. The molecule has 0 radical (unpaired) electrons. The van der Waals surface area contributed by atoms with Crippen molar-refractivity contribution in [2.24, 2.45) is 0 Å². The van der Waals surface area contributed by atoms with Crippen molar-refractivity contribution in [2.75, 3.05) is 14.2 Å². The number of methoxy groups -OCH3 is 2. The Bertz CT molecular complexity index is 1210. The van der Waals surface area contributed by atoms with Gasteiger partial charge < -0.3 is 18.9 Å². The molecule has 0 fully saturated rings. The fourth-order valence-corrected chi connectivity index (χ4v) is 3.30. The van der Waals surface area contributed by atoms with E-state index in [0.29, 0.717) is 33.4 Å². The number of fused-ring (bicyclic) bond motifs is 1. The van der Waals surface area contributed by atoms with Crippen LogP contribution in [0.25, 0.3) is 6.08 Å². The first-order valence-corrected chi connectivity index (χ1v) is 9.65. The largest absolute Gasteiger partial charge is 0.497 e. The Morgan fingerprint density at radius 1 is 0.968 bits per heavy atom. The zero-order chi connectivity index (χ0) is 22.0. The van der Waals surface area contributed by atoms with E-state index in [-0.39, 0.29) is 22.9 Å². The van der Waals surface area contributed by atoms with Gasteiger partial charge in [0.2, 0.25) is 5.78 Å². The number of Topliss-reactive ketones (excluding diaryl/α,β-unsaturated/α-hetero) is 1. The minimum atomic E-state index is -0.603. The number of halogens is 1. The molecule has 3 aromatic rings. The summed E-state index contributed by atoms with van der Waals surface area (Å²) in [7, 11) is 3.00. The summed E-state index contributed by atoms with van der Waals surface area (Å²) in [6, 6.07) is 16.5. The van der Waals surface area contributed by atoms with Gasteiger partial charge in [-0.1, -0.05) is 29.8 Å². The normalized spacial score (nSPS) is 13.5. The smallest absolute Gasteiger partial charge is 0.345 e. The van der Waals surface area contributed by atoms with Crippen LogP contribution in [0.1, 0.15) is 26.3 Å². The zero-order valence-corrected chi connectivity index (χ0v) is 17.4. The van der Waals surface area contributed by atoms with Gasteiger partial charge in [0, 0.05) is 6.07 Å². The van der Waals surface area contributed by atoms with E-state index in [1.165, 1.54) is 7.11 Å². The number of esters is 1. The summed E-state index contributed by atoms with van der Waals surface area (Å²) in [6.45, 7) is 0. The highest BCUT2D eigenvalue weighted by atomic mass is 35.5. The highest BCUT2D eigenvalue weighted by Gasteiger charge is 2.27. The minimum Gasteiger partial charge on any atom is -0.497 e. The third kappa shape index (κ3) is 4.11. The summed E-state index contributed by atoms with van der Waals surface area (Å²) in [5, 5.41) is 0.293. The summed E-state index contributed by atoms with van der Waals surface area (Å²) in [6.07, 6.45) is 1.59. The molecule has 1 heterocycles. The molecular weight excluding hydrogens is 420 g/mol. The molecule has 7 heteroatoms. The third-order valence-corrected chi connectivity index (χ3v) is 4.99. The molecule has 0 atom stereocenters. The predicted octanol–water partition coefficient (Wildman–Crippen LogP) is 5.19. The Labute approximate surface area is 183 Å². The molecule has 1 aliphatic heterocycles. The molecule has 6 nitrogen and oxygen atoms in total. The monoisotopic (exact) mass is 436 g/mol. The van der Waals surface area contributed by atoms with Crippen LogP contribution >= 0.6 is 11.6 Å². The lowest BCUT2D eigenvalue weighted by atomic mass is 10.1. The van der Waals surface area contributed by atoms with E-state index in [1.807, 2.05) is 0 Å². The molecule has 0 spiro atoms. The summed E-state index contributed by atoms with van der Waals surface area (Å²) in [4.78, 5) is 25.0. The number of hydrogen-bond donors (Lipinski definition) is 0. The quantitative estimate of drug-likeness (QED) is 0.311. The van der Waals surface area contributed by atoms with Gasteiger partial charge in [-0.3, -0.25) is 4.79 Å². The molecule has 0 N–H and O–H groups in total. The Kier molecular flexibility index (Phi) is 5.64. The molecule has 1 aliphatic rings. The number of rotatable bonds is 5. The molecule has 0 saturated carbocycles. The van der Waals surface area contributed by atoms with Gasteiger partial charge in [0.1, 0.15) is 11.5 Å². The van der Waals surface area contributed by atoms with E-state index in [0.717, 1.165) is 0 Å². The van der Waals surface area contributed by atoms with Crippen LogP contribution in [0.4, 0.5) is 0 Å². The van der Waals surface area contributed by atoms with Crippen LogP contribution in [0, 0.1) is 0 Å². The van der Waals surface area contributed by atoms with Crippen molar-refractivity contribution >= 4 is 29.4 Å². The Balaban J connectivity index is 1.58. The average Bonchev–Trinajstić information content (AvgIpc) is 3.09. The van der Waals surface area contributed by atoms with Crippen LogP contribution in [-0.4, -0.2) is 26.0 Å². The lowest BCUT2D eigenvalue weighted by Gasteiger charge is -2.11. The van der Waals surface area contributed by atoms with Crippen LogP contribution < -0.4 is 18.9 Å². The van der Waals surface area contributed by atoms with Crippen LogP contribution in [0.15, 0.2) is 66.4 Å². The number of ether oxygens (including phenoxy) is 4. The number of ketones is 1. The number of carbonyl (C=O) groups excluding carboxylic acids is 2. The predicted molar refractivity (Wildman–Crippen MR) is 115 cm³/mol. The van der Waals surface area contributed by atoms with Gasteiger partial charge in [0.05, 0.1) is 30.4 Å². The fourth-order valence-electron chi connectivity index (χ4n) is 3.09. The van der Waals surface area contributed by atoms with Gasteiger partial charge in [-0.05, 0) is 48.0 Å². The van der Waals surface area contributed by atoms with Crippen LogP contribution in [0.5, 0.6) is 23.0 Å². The zero-order valence-electron chi connectivity index (χ0n) is 16.7. The molecule has 156 valence electrons.